The van der Waals surface area contributed by atoms with Crippen LogP contribution in [0.25, 0.3) is 0 Å². The van der Waals surface area contributed by atoms with Crippen molar-refractivity contribution in [3.63, 3.8) is 0 Å². The lowest BCUT2D eigenvalue weighted by Gasteiger charge is -2.19. The minimum atomic E-state index is -2.01. The SMILES string of the molecule is CCCCCCCCCCCCCCOc1ccccc1CC(COP(O)OCCN(C)C)OC=O. The molecule has 7 nitrogen and oxygen atoms in total. The van der Waals surface area contributed by atoms with Crippen molar-refractivity contribution in [1.29, 1.82) is 0 Å². The highest BCUT2D eigenvalue weighted by atomic mass is 31.2. The predicted molar refractivity (Wildman–Crippen MR) is 147 cm³/mol. The van der Waals surface area contributed by atoms with Crippen molar-refractivity contribution in [2.75, 3.05) is 40.5 Å². The molecule has 208 valence electrons. The Morgan fingerprint density at radius 2 is 1.50 bits per heavy atom. The predicted octanol–water partition coefficient (Wildman–Crippen LogP) is 6.66. The maximum Gasteiger partial charge on any atom is 0.330 e. The molecule has 1 N–H and O–H groups in total. The maximum absolute atomic E-state index is 11.0. The van der Waals surface area contributed by atoms with E-state index in [1.54, 1.807) is 0 Å². The molecule has 0 amide bonds. The van der Waals surface area contributed by atoms with Crippen LogP contribution >= 0.6 is 8.60 Å². The van der Waals surface area contributed by atoms with Gasteiger partial charge in [0, 0.05) is 13.0 Å². The first-order valence-electron chi connectivity index (χ1n) is 13.8. The van der Waals surface area contributed by atoms with Gasteiger partial charge in [0.05, 0.1) is 19.8 Å². The molecule has 0 aliphatic rings. The van der Waals surface area contributed by atoms with Crippen LogP contribution in [-0.2, 0) is 25.0 Å². The van der Waals surface area contributed by atoms with E-state index in [0.717, 1.165) is 17.7 Å². The smallest absolute Gasteiger partial charge is 0.330 e. The van der Waals surface area contributed by atoms with E-state index in [1.807, 2.05) is 43.3 Å². The summed E-state index contributed by atoms with van der Waals surface area (Å²) in [6, 6.07) is 7.79. The standard InChI is InChI=1S/C28H50NO6P/c1-4-5-6-7-8-9-10-11-12-13-14-17-21-32-28-19-16-15-18-26(28)23-27(33-25-30)24-35-36(31)34-22-20-29(2)3/h15-16,18-19,25,27,31H,4-14,17,20-24H2,1-3H3. The highest BCUT2D eigenvalue weighted by Gasteiger charge is 2.17. The Morgan fingerprint density at radius 3 is 2.11 bits per heavy atom. The quantitative estimate of drug-likeness (QED) is 0.0865. The van der Waals surface area contributed by atoms with Gasteiger partial charge in [-0.05, 0) is 32.1 Å². The average Bonchev–Trinajstić information content (AvgIpc) is 2.86. The minimum Gasteiger partial charge on any atom is -0.493 e. The zero-order valence-electron chi connectivity index (χ0n) is 22.9. The molecule has 0 saturated carbocycles. The van der Waals surface area contributed by atoms with Crippen LogP contribution in [0.1, 0.15) is 89.5 Å². The third kappa shape index (κ3) is 18.1. The second-order valence-electron chi connectivity index (χ2n) is 9.57. The lowest BCUT2D eigenvalue weighted by atomic mass is 10.1. The van der Waals surface area contributed by atoms with Crippen molar-refractivity contribution >= 4 is 15.1 Å². The van der Waals surface area contributed by atoms with Crippen molar-refractivity contribution in [1.82, 2.24) is 4.90 Å². The van der Waals surface area contributed by atoms with E-state index in [4.69, 9.17) is 18.5 Å². The molecule has 36 heavy (non-hydrogen) atoms. The summed E-state index contributed by atoms with van der Waals surface area (Å²) < 4.78 is 21.9. The summed E-state index contributed by atoms with van der Waals surface area (Å²) in [6.45, 7) is 4.45. The van der Waals surface area contributed by atoms with Crippen LogP contribution in [0.15, 0.2) is 24.3 Å². The molecule has 1 rings (SSSR count). The Labute approximate surface area is 220 Å². The molecule has 8 heteroatoms. The van der Waals surface area contributed by atoms with E-state index in [9.17, 15) is 9.69 Å². The number of carbonyl (C=O) groups is 1. The molecule has 0 aliphatic heterocycles. The average molecular weight is 528 g/mol. The normalized spacial score (nSPS) is 13.0. The van der Waals surface area contributed by atoms with Crippen LogP contribution in [0.3, 0.4) is 0 Å². The molecule has 2 unspecified atom stereocenters. The second kappa shape index (κ2) is 22.9. The Morgan fingerprint density at radius 1 is 0.889 bits per heavy atom. The third-order valence-electron chi connectivity index (χ3n) is 6.03. The van der Waals surface area contributed by atoms with E-state index in [-0.39, 0.29) is 6.61 Å². The highest BCUT2D eigenvalue weighted by molar-refractivity contribution is 7.40. The molecule has 0 bridgehead atoms. The molecule has 0 heterocycles. The van der Waals surface area contributed by atoms with Crippen molar-refractivity contribution in [2.24, 2.45) is 0 Å². The van der Waals surface area contributed by atoms with Crippen LogP contribution < -0.4 is 4.74 Å². The number of benzene rings is 1. The highest BCUT2D eigenvalue weighted by Crippen LogP contribution is 2.33. The molecule has 0 radical (unpaired) electrons. The van der Waals surface area contributed by atoms with Gasteiger partial charge in [-0.3, -0.25) is 4.79 Å². The summed E-state index contributed by atoms with van der Waals surface area (Å²) in [5.41, 5.74) is 0.947. The van der Waals surface area contributed by atoms with Gasteiger partial charge in [0.15, 0.2) is 0 Å². The Balaban J connectivity index is 2.26. The van der Waals surface area contributed by atoms with E-state index in [2.05, 4.69) is 6.92 Å². The number of hydrogen-bond donors (Lipinski definition) is 1. The molecule has 0 spiro atoms. The molecule has 1 aromatic carbocycles. The third-order valence-corrected chi connectivity index (χ3v) is 6.81. The molecular formula is C28H50NO6P. The summed E-state index contributed by atoms with van der Waals surface area (Å²) in [4.78, 5) is 22.9. The molecule has 0 aromatic heterocycles. The fourth-order valence-electron chi connectivity index (χ4n) is 3.89. The molecule has 0 saturated heterocycles. The summed E-state index contributed by atoms with van der Waals surface area (Å²) >= 11 is 0. The van der Waals surface area contributed by atoms with Gasteiger partial charge in [-0.15, -0.1) is 0 Å². The van der Waals surface area contributed by atoms with Gasteiger partial charge in [0.1, 0.15) is 11.9 Å². The fraction of sp³-hybridized carbons (Fsp3) is 0.750. The first-order valence-corrected chi connectivity index (χ1v) is 14.9. The Kier molecular flexibility index (Phi) is 20.9. The summed E-state index contributed by atoms with van der Waals surface area (Å²) in [5.74, 6) is 0.800. The summed E-state index contributed by atoms with van der Waals surface area (Å²) in [7, 11) is 1.84. The van der Waals surface area contributed by atoms with E-state index >= 15 is 0 Å². The number of para-hydroxylation sites is 1. The molecule has 0 aliphatic carbocycles. The lowest BCUT2D eigenvalue weighted by Crippen LogP contribution is -2.22. The number of rotatable bonds is 25. The zero-order chi connectivity index (χ0) is 26.3. The molecular weight excluding hydrogens is 477 g/mol. The second-order valence-corrected chi connectivity index (χ2v) is 10.6. The van der Waals surface area contributed by atoms with E-state index in [0.29, 0.717) is 32.7 Å². The molecule has 0 fully saturated rings. The van der Waals surface area contributed by atoms with Gasteiger partial charge in [0.2, 0.25) is 0 Å². The number of carbonyl (C=O) groups excluding carboxylic acids is 1. The number of unbranched alkanes of at least 4 members (excludes halogenated alkanes) is 11. The number of nitrogens with zero attached hydrogens (tertiary/aromatic N) is 1. The monoisotopic (exact) mass is 527 g/mol. The lowest BCUT2D eigenvalue weighted by molar-refractivity contribution is -0.135. The van der Waals surface area contributed by atoms with Crippen molar-refractivity contribution in [2.45, 2.75) is 96.5 Å². The Hall–Kier alpha value is -1.24. The topological polar surface area (TPSA) is 77.5 Å². The van der Waals surface area contributed by atoms with Crippen LogP contribution in [0.4, 0.5) is 0 Å². The minimum absolute atomic E-state index is 0.0516. The van der Waals surface area contributed by atoms with Crippen LogP contribution in [0.5, 0.6) is 5.75 Å². The van der Waals surface area contributed by atoms with Gasteiger partial charge >= 0.3 is 8.60 Å². The van der Waals surface area contributed by atoms with E-state index in [1.165, 1.54) is 70.6 Å². The number of likely N-dealkylation sites (N-methyl/N-ethyl adjacent to an activating group) is 1. The van der Waals surface area contributed by atoms with E-state index < -0.39 is 14.7 Å². The van der Waals surface area contributed by atoms with Gasteiger partial charge in [0.25, 0.3) is 6.47 Å². The first kappa shape index (κ1) is 32.8. The van der Waals surface area contributed by atoms with Crippen molar-refractivity contribution in [3.8, 4) is 5.75 Å². The molecule has 1 aromatic rings. The summed E-state index contributed by atoms with van der Waals surface area (Å²) in [6.07, 6.45) is 15.7. The van der Waals surface area contributed by atoms with Crippen molar-refractivity contribution < 1.29 is 28.2 Å². The van der Waals surface area contributed by atoms with Crippen LogP contribution in [0.2, 0.25) is 0 Å². The number of hydrogen-bond acceptors (Lipinski definition) is 7. The van der Waals surface area contributed by atoms with Gasteiger partial charge in [-0.25, -0.2) is 0 Å². The van der Waals surface area contributed by atoms with Crippen LogP contribution in [0, 0.1) is 0 Å². The zero-order valence-corrected chi connectivity index (χ0v) is 23.8. The van der Waals surface area contributed by atoms with Gasteiger partial charge in [-0.2, -0.15) is 0 Å². The Bertz CT molecular complexity index is 648. The number of ether oxygens (including phenoxy) is 2. The summed E-state index contributed by atoms with van der Waals surface area (Å²) in [5, 5.41) is 0. The van der Waals surface area contributed by atoms with Gasteiger partial charge in [-0.1, -0.05) is 95.8 Å². The molecule has 2 atom stereocenters. The van der Waals surface area contributed by atoms with Gasteiger partial charge < -0.3 is 28.3 Å². The van der Waals surface area contributed by atoms with Crippen molar-refractivity contribution in [3.05, 3.63) is 29.8 Å². The maximum atomic E-state index is 11.0. The fourth-order valence-corrected chi connectivity index (χ4v) is 4.50. The largest absolute Gasteiger partial charge is 0.493 e. The van der Waals surface area contributed by atoms with Crippen LogP contribution in [-0.4, -0.2) is 62.8 Å². The first-order chi connectivity index (χ1) is 17.6.